The van der Waals surface area contributed by atoms with Gasteiger partial charge in [0.05, 0.1) is 22.9 Å². The van der Waals surface area contributed by atoms with Crippen molar-refractivity contribution in [3.8, 4) is 5.82 Å². The second-order valence-corrected chi connectivity index (χ2v) is 9.69. The van der Waals surface area contributed by atoms with Crippen molar-refractivity contribution in [2.45, 2.75) is 45.7 Å². The number of para-hydroxylation sites is 2. The highest BCUT2D eigenvalue weighted by molar-refractivity contribution is 6.08. The summed E-state index contributed by atoms with van der Waals surface area (Å²) in [5.74, 6) is -0.546. The minimum atomic E-state index is -0.801. The maximum Gasteiger partial charge on any atom is 0.243 e. The zero-order valence-corrected chi connectivity index (χ0v) is 19.9. The molecule has 35 heavy (non-hydrogen) atoms. The Morgan fingerprint density at radius 3 is 2.40 bits per heavy atom. The third-order valence-electron chi connectivity index (χ3n) is 6.83. The quantitative estimate of drug-likeness (QED) is 0.421. The molecule has 1 fully saturated rings. The van der Waals surface area contributed by atoms with Gasteiger partial charge in [-0.05, 0) is 48.9 Å². The van der Waals surface area contributed by atoms with E-state index >= 15 is 0 Å². The van der Waals surface area contributed by atoms with Crippen LogP contribution in [0.15, 0.2) is 61.1 Å². The van der Waals surface area contributed by atoms with Crippen molar-refractivity contribution in [3.63, 3.8) is 0 Å². The summed E-state index contributed by atoms with van der Waals surface area (Å²) in [7, 11) is 0. The van der Waals surface area contributed by atoms with Crippen LogP contribution in [0, 0.1) is 17.8 Å². The second kappa shape index (κ2) is 9.44. The Bertz CT molecular complexity index is 1270. The first-order valence-corrected chi connectivity index (χ1v) is 12.1. The molecule has 3 amide bonds. The number of imidazole rings is 1. The molecule has 0 saturated carbocycles. The number of carbonyl (C=O) groups is 3. The topological polar surface area (TPSA) is 97.2 Å². The standard InChI is InChI=1S/C27H29N5O3/c1-17(2)13-23(32-26(34)19-7-3-4-8-20(19)27(32)35)25(33)29-15-18-11-12-24(28-14-18)31-16-30-21-9-5-6-10-22(21)31/h3-6,9-12,14,16-17,19-20,23H,7-8,13,15H2,1-2H3,(H,29,33)/t19-,20+,23-/m1/s1. The summed E-state index contributed by atoms with van der Waals surface area (Å²) in [5.41, 5.74) is 2.68. The summed E-state index contributed by atoms with van der Waals surface area (Å²) in [6, 6.07) is 10.8. The van der Waals surface area contributed by atoms with Crippen molar-refractivity contribution in [3.05, 3.63) is 66.6 Å². The number of nitrogens with zero attached hydrogens (tertiary/aromatic N) is 4. The van der Waals surface area contributed by atoms with Crippen LogP contribution in [0.3, 0.4) is 0 Å². The zero-order valence-electron chi connectivity index (χ0n) is 19.9. The highest BCUT2D eigenvalue weighted by atomic mass is 16.2. The lowest BCUT2D eigenvalue weighted by atomic mass is 9.85. The molecule has 1 aliphatic heterocycles. The number of likely N-dealkylation sites (tertiary alicyclic amines) is 1. The lowest BCUT2D eigenvalue weighted by Crippen LogP contribution is -2.50. The fourth-order valence-electron chi connectivity index (χ4n) is 5.02. The van der Waals surface area contributed by atoms with Crippen molar-refractivity contribution >= 4 is 28.8 Å². The van der Waals surface area contributed by atoms with Crippen LogP contribution >= 0.6 is 0 Å². The Morgan fingerprint density at radius 2 is 1.74 bits per heavy atom. The number of hydrogen-bond acceptors (Lipinski definition) is 5. The summed E-state index contributed by atoms with van der Waals surface area (Å²) in [5, 5.41) is 2.93. The van der Waals surface area contributed by atoms with Crippen molar-refractivity contribution in [1.29, 1.82) is 0 Å². The lowest BCUT2D eigenvalue weighted by molar-refractivity contribution is -0.148. The molecule has 2 aromatic heterocycles. The van der Waals surface area contributed by atoms with E-state index in [9.17, 15) is 14.4 Å². The number of amides is 3. The number of benzene rings is 1. The van der Waals surface area contributed by atoms with Crippen molar-refractivity contribution in [1.82, 2.24) is 24.8 Å². The highest BCUT2D eigenvalue weighted by Crippen LogP contribution is 2.37. The van der Waals surface area contributed by atoms with Gasteiger partial charge < -0.3 is 5.32 Å². The molecule has 1 aromatic carbocycles. The lowest BCUT2D eigenvalue weighted by Gasteiger charge is -2.27. The Labute approximate surface area is 204 Å². The molecular formula is C27H29N5O3. The molecule has 0 spiro atoms. The SMILES string of the molecule is CC(C)C[C@H](C(=O)NCc1ccc(-n2cnc3ccccc32)nc1)N1C(=O)[C@H]2CC=CC[C@H]2C1=O. The summed E-state index contributed by atoms with van der Waals surface area (Å²) in [6.45, 7) is 4.24. The Kier molecular flexibility index (Phi) is 6.19. The first kappa shape index (κ1) is 23.0. The first-order valence-electron chi connectivity index (χ1n) is 12.1. The van der Waals surface area contributed by atoms with Crippen LogP contribution in [0.2, 0.25) is 0 Å². The highest BCUT2D eigenvalue weighted by Gasteiger charge is 2.51. The van der Waals surface area contributed by atoms with Gasteiger partial charge in [-0.25, -0.2) is 9.97 Å². The molecule has 3 heterocycles. The van der Waals surface area contributed by atoms with Gasteiger partial charge in [0.2, 0.25) is 17.7 Å². The van der Waals surface area contributed by atoms with Gasteiger partial charge in [-0.3, -0.25) is 23.9 Å². The molecule has 0 radical (unpaired) electrons. The van der Waals surface area contributed by atoms with E-state index in [4.69, 9.17) is 0 Å². The maximum absolute atomic E-state index is 13.2. The van der Waals surface area contributed by atoms with E-state index < -0.39 is 6.04 Å². The number of imide groups is 1. The molecule has 8 nitrogen and oxygen atoms in total. The average Bonchev–Trinajstić information content (AvgIpc) is 3.41. The van der Waals surface area contributed by atoms with Gasteiger partial charge in [-0.15, -0.1) is 0 Å². The molecular weight excluding hydrogens is 442 g/mol. The van der Waals surface area contributed by atoms with Crippen molar-refractivity contribution in [2.24, 2.45) is 17.8 Å². The third kappa shape index (κ3) is 4.36. The molecule has 1 N–H and O–H groups in total. The van der Waals surface area contributed by atoms with Gasteiger partial charge >= 0.3 is 0 Å². The molecule has 0 unspecified atom stereocenters. The maximum atomic E-state index is 13.2. The van der Waals surface area contributed by atoms with Gasteiger partial charge in [-0.2, -0.15) is 0 Å². The molecule has 180 valence electrons. The van der Waals surface area contributed by atoms with E-state index in [2.05, 4.69) is 15.3 Å². The largest absolute Gasteiger partial charge is 0.350 e. The molecule has 2 aliphatic rings. The molecule has 0 bridgehead atoms. The van der Waals surface area contributed by atoms with E-state index in [1.807, 2.05) is 67.0 Å². The predicted molar refractivity (Wildman–Crippen MR) is 131 cm³/mol. The van der Waals surface area contributed by atoms with Crippen LogP contribution in [0.4, 0.5) is 0 Å². The summed E-state index contributed by atoms with van der Waals surface area (Å²) in [4.78, 5) is 49.5. The van der Waals surface area contributed by atoms with Gasteiger partial charge in [0.15, 0.2) is 0 Å². The number of fused-ring (bicyclic) bond motifs is 2. The van der Waals surface area contributed by atoms with Gasteiger partial charge in [0.1, 0.15) is 18.2 Å². The molecule has 3 atom stereocenters. The number of nitrogens with one attached hydrogen (secondary N) is 1. The zero-order chi connectivity index (χ0) is 24.5. The molecule has 5 rings (SSSR count). The Hall–Kier alpha value is -3.81. The minimum absolute atomic E-state index is 0.151. The fraction of sp³-hybridized carbons (Fsp3) is 0.370. The summed E-state index contributed by atoms with van der Waals surface area (Å²) < 4.78 is 1.91. The van der Waals surface area contributed by atoms with Gasteiger partial charge in [0, 0.05) is 12.7 Å². The van der Waals surface area contributed by atoms with Gasteiger partial charge in [0.25, 0.3) is 0 Å². The second-order valence-electron chi connectivity index (χ2n) is 9.69. The summed E-state index contributed by atoms with van der Waals surface area (Å²) in [6.07, 6.45) is 8.92. The normalized spacial score (nSPS) is 20.5. The predicted octanol–water partition coefficient (Wildman–Crippen LogP) is 3.40. The first-order chi connectivity index (χ1) is 16.9. The van der Waals surface area contributed by atoms with Crippen molar-refractivity contribution in [2.75, 3.05) is 0 Å². The van der Waals surface area contributed by atoms with E-state index in [1.54, 1.807) is 12.5 Å². The molecule has 1 aliphatic carbocycles. The fourth-order valence-corrected chi connectivity index (χ4v) is 5.02. The number of pyridine rings is 1. The Morgan fingerprint density at radius 1 is 1.03 bits per heavy atom. The third-order valence-corrected chi connectivity index (χ3v) is 6.83. The number of allylic oxidation sites excluding steroid dienone is 2. The van der Waals surface area contributed by atoms with E-state index in [0.717, 1.165) is 22.4 Å². The smallest absolute Gasteiger partial charge is 0.243 e. The van der Waals surface area contributed by atoms with E-state index in [1.165, 1.54) is 4.90 Å². The Balaban J connectivity index is 1.28. The monoisotopic (exact) mass is 471 g/mol. The van der Waals surface area contributed by atoms with Crippen molar-refractivity contribution < 1.29 is 14.4 Å². The molecule has 8 heteroatoms. The number of rotatable bonds is 7. The van der Waals surface area contributed by atoms with Crippen LogP contribution in [0.5, 0.6) is 0 Å². The number of carbonyl (C=O) groups excluding carboxylic acids is 3. The molecule has 1 saturated heterocycles. The van der Waals surface area contributed by atoms with Crippen LogP contribution in [-0.2, 0) is 20.9 Å². The van der Waals surface area contributed by atoms with Crippen LogP contribution < -0.4 is 5.32 Å². The van der Waals surface area contributed by atoms with E-state index in [0.29, 0.717) is 19.3 Å². The van der Waals surface area contributed by atoms with Crippen LogP contribution in [0.1, 0.15) is 38.7 Å². The van der Waals surface area contributed by atoms with Gasteiger partial charge in [-0.1, -0.05) is 44.2 Å². The average molecular weight is 472 g/mol. The summed E-state index contributed by atoms with van der Waals surface area (Å²) >= 11 is 0. The van der Waals surface area contributed by atoms with Crippen LogP contribution in [-0.4, -0.2) is 43.2 Å². The minimum Gasteiger partial charge on any atom is -0.350 e. The number of aromatic nitrogens is 3. The molecule has 3 aromatic rings. The van der Waals surface area contributed by atoms with Crippen LogP contribution in [0.25, 0.3) is 16.9 Å². The number of hydrogen-bond donors (Lipinski definition) is 1. The van der Waals surface area contributed by atoms with E-state index in [-0.39, 0.29) is 42.0 Å².